The first-order chi connectivity index (χ1) is 28.0. The first-order valence-corrected chi connectivity index (χ1v) is 18.8. The van der Waals surface area contributed by atoms with E-state index in [1.54, 1.807) is 85.2 Å². The van der Waals surface area contributed by atoms with Gasteiger partial charge in [0.05, 0.1) is 36.6 Å². The number of aromatic nitrogens is 2. The molecule has 0 amide bonds. The summed E-state index contributed by atoms with van der Waals surface area (Å²) >= 11 is 5.88. The van der Waals surface area contributed by atoms with Crippen molar-refractivity contribution in [3.8, 4) is 17.6 Å². The van der Waals surface area contributed by atoms with Gasteiger partial charge in [-0.25, -0.2) is 4.98 Å². The summed E-state index contributed by atoms with van der Waals surface area (Å²) in [4.78, 5) is 20.5. The maximum atomic E-state index is 14.6. The molecule has 0 saturated heterocycles. The van der Waals surface area contributed by atoms with Gasteiger partial charge < -0.3 is 30.0 Å². The van der Waals surface area contributed by atoms with Crippen LogP contribution < -0.4 is 20.5 Å². The summed E-state index contributed by atoms with van der Waals surface area (Å²) in [6, 6.07) is 37.4. The molecule has 1 heterocycles. The number of nitrogens with zero attached hydrogens (tertiary/aromatic N) is 4. The number of alkyl halides is 3. The van der Waals surface area contributed by atoms with Gasteiger partial charge in [0.2, 0.25) is 0 Å². The predicted molar refractivity (Wildman–Crippen MR) is 220 cm³/mol. The number of nitriles is 1. The van der Waals surface area contributed by atoms with E-state index in [-0.39, 0.29) is 36.0 Å². The van der Waals surface area contributed by atoms with Crippen molar-refractivity contribution in [3.05, 3.63) is 179 Å². The molecular weight excluding hydrogens is 762 g/mol. The summed E-state index contributed by atoms with van der Waals surface area (Å²) in [5.74, 6) is -0.00791. The highest BCUT2D eigenvalue weighted by Gasteiger charge is 2.35. The second-order valence-electron chi connectivity index (χ2n) is 13.6. The van der Waals surface area contributed by atoms with Crippen molar-refractivity contribution in [2.45, 2.75) is 38.3 Å². The minimum atomic E-state index is -4.63. The van der Waals surface area contributed by atoms with E-state index in [1.165, 1.54) is 18.2 Å². The smallest absolute Gasteiger partial charge is 0.416 e. The number of benzene rings is 5. The maximum Gasteiger partial charge on any atom is 0.416 e. The summed E-state index contributed by atoms with van der Waals surface area (Å²) in [5.41, 5.74) is 10.4. The van der Waals surface area contributed by atoms with Crippen LogP contribution in [0.4, 0.5) is 18.9 Å². The molecule has 3 N–H and O–H groups in total. The van der Waals surface area contributed by atoms with E-state index in [9.17, 15) is 23.2 Å². The number of rotatable bonds is 16. The van der Waals surface area contributed by atoms with Crippen molar-refractivity contribution >= 4 is 28.8 Å². The van der Waals surface area contributed by atoms with Crippen LogP contribution >= 0.6 is 12.2 Å². The Labute approximate surface area is 340 Å². The number of ether oxygens (including phenoxy) is 2. The van der Waals surface area contributed by atoms with Crippen LogP contribution in [0.3, 0.4) is 0 Å². The first kappa shape index (κ1) is 41.2. The zero-order valence-corrected chi connectivity index (χ0v) is 32.4. The van der Waals surface area contributed by atoms with Gasteiger partial charge in [0, 0.05) is 49.7 Å². The van der Waals surface area contributed by atoms with E-state index in [2.05, 4.69) is 16.4 Å². The Morgan fingerprint density at radius 3 is 2.26 bits per heavy atom. The fourth-order valence-corrected chi connectivity index (χ4v) is 6.73. The second-order valence-corrected chi connectivity index (χ2v) is 14.0. The van der Waals surface area contributed by atoms with Crippen molar-refractivity contribution in [1.29, 1.82) is 5.26 Å². The minimum absolute atomic E-state index is 0.0194. The highest BCUT2D eigenvalue weighted by atomic mass is 32.1. The molecule has 0 aliphatic heterocycles. The summed E-state index contributed by atoms with van der Waals surface area (Å²) in [7, 11) is 1.54. The fraction of sp³-hybridized carbons (Fsp3) is 0.200. The number of Topliss-reactive ketones (excluding diaryl/α,β-unsaturated/α-hetero) is 1. The zero-order valence-electron chi connectivity index (χ0n) is 31.6. The number of thiocarbonyl (C=S) groups is 1. The first-order valence-electron chi connectivity index (χ1n) is 18.4. The van der Waals surface area contributed by atoms with Crippen LogP contribution in [0.25, 0.3) is 0 Å². The molecular formula is C45H41F3N6O3S. The van der Waals surface area contributed by atoms with Crippen molar-refractivity contribution in [3.63, 3.8) is 0 Å². The number of halogens is 3. The van der Waals surface area contributed by atoms with Crippen LogP contribution in [0, 0.1) is 17.2 Å². The molecule has 296 valence electrons. The van der Waals surface area contributed by atoms with Gasteiger partial charge >= 0.3 is 6.18 Å². The lowest BCUT2D eigenvalue weighted by Crippen LogP contribution is -2.44. The standard InChI is InChI=1S/C45H41F3N6O3S/c1-56-38-21-17-36(18-22-38)52-44(58)53(27-35-9-5-6-10-41(35)45(46,47)48)28-40(43(50)34-15-19-39(20-16-34)57-29-33-7-3-2-4-8-33)42(55)23-37-25-51-30-54(37)26-32-13-11-31(24-49)12-14-32/h2-22,25,30,40,43H,23,26-29,50H2,1H3,(H,52,58)/t40-,43?/m1/s1. The summed E-state index contributed by atoms with van der Waals surface area (Å²) in [6.45, 7) is 0.365. The van der Waals surface area contributed by atoms with E-state index in [0.29, 0.717) is 47.2 Å². The molecule has 0 saturated carbocycles. The third-order valence-electron chi connectivity index (χ3n) is 9.68. The van der Waals surface area contributed by atoms with Gasteiger partial charge in [-0.15, -0.1) is 0 Å². The minimum Gasteiger partial charge on any atom is -0.497 e. The number of carbonyl (C=O) groups is 1. The highest BCUT2D eigenvalue weighted by molar-refractivity contribution is 7.80. The number of methoxy groups -OCH3 is 1. The van der Waals surface area contributed by atoms with Gasteiger partial charge in [-0.3, -0.25) is 4.79 Å². The summed E-state index contributed by atoms with van der Waals surface area (Å²) in [6.07, 6.45) is -1.47. The van der Waals surface area contributed by atoms with Gasteiger partial charge in [-0.05, 0) is 89.1 Å². The number of hydrogen-bond acceptors (Lipinski definition) is 7. The Hall–Kier alpha value is -6.49. The van der Waals surface area contributed by atoms with E-state index in [1.807, 2.05) is 47.0 Å². The van der Waals surface area contributed by atoms with E-state index >= 15 is 0 Å². The molecule has 58 heavy (non-hydrogen) atoms. The largest absolute Gasteiger partial charge is 0.497 e. The monoisotopic (exact) mass is 802 g/mol. The van der Waals surface area contributed by atoms with Crippen molar-refractivity contribution < 1.29 is 27.4 Å². The Kier molecular flexibility index (Phi) is 13.6. The lowest BCUT2D eigenvalue weighted by molar-refractivity contribution is -0.138. The molecule has 6 aromatic rings. The number of hydrogen-bond donors (Lipinski definition) is 2. The van der Waals surface area contributed by atoms with Gasteiger partial charge in [0.15, 0.2) is 5.11 Å². The average molecular weight is 803 g/mol. The quantitative estimate of drug-likeness (QED) is 0.0927. The lowest BCUT2D eigenvalue weighted by atomic mass is 9.87. The highest BCUT2D eigenvalue weighted by Crippen LogP contribution is 2.33. The van der Waals surface area contributed by atoms with Gasteiger partial charge in [0.1, 0.15) is 23.9 Å². The van der Waals surface area contributed by atoms with Crippen LogP contribution in [0.5, 0.6) is 11.5 Å². The third kappa shape index (κ3) is 10.9. The summed E-state index contributed by atoms with van der Waals surface area (Å²) < 4.78 is 56.0. The van der Waals surface area contributed by atoms with Crippen LogP contribution in [0.15, 0.2) is 140 Å². The van der Waals surface area contributed by atoms with Gasteiger partial charge in [-0.1, -0.05) is 72.8 Å². The molecule has 13 heteroatoms. The fourth-order valence-electron chi connectivity index (χ4n) is 6.48. The Morgan fingerprint density at radius 2 is 1.59 bits per heavy atom. The molecule has 0 spiro atoms. The molecule has 5 aromatic carbocycles. The number of nitrogens with one attached hydrogen (secondary N) is 1. The molecule has 0 radical (unpaired) electrons. The number of nitrogens with two attached hydrogens (primary N) is 1. The molecule has 2 atom stereocenters. The Balaban J connectivity index is 1.32. The van der Waals surface area contributed by atoms with Gasteiger partial charge in [-0.2, -0.15) is 18.4 Å². The van der Waals surface area contributed by atoms with Crippen molar-refractivity contribution in [2.24, 2.45) is 11.7 Å². The second kappa shape index (κ2) is 19.1. The average Bonchev–Trinajstić information content (AvgIpc) is 3.67. The molecule has 9 nitrogen and oxygen atoms in total. The molecule has 1 unspecified atom stereocenters. The number of anilines is 1. The Morgan fingerprint density at radius 1 is 0.914 bits per heavy atom. The van der Waals surface area contributed by atoms with Crippen LogP contribution in [-0.2, 0) is 37.1 Å². The predicted octanol–water partition coefficient (Wildman–Crippen LogP) is 8.74. The Bertz CT molecular complexity index is 2330. The number of ketones is 1. The van der Waals surface area contributed by atoms with Gasteiger partial charge in [0.25, 0.3) is 0 Å². The number of imidazole rings is 1. The zero-order chi connectivity index (χ0) is 41.1. The molecule has 1 aromatic heterocycles. The third-order valence-corrected chi connectivity index (χ3v) is 10.0. The molecule has 6 rings (SSSR count). The van der Waals surface area contributed by atoms with Crippen LogP contribution in [0.2, 0.25) is 0 Å². The van der Waals surface area contributed by atoms with Crippen molar-refractivity contribution in [1.82, 2.24) is 14.5 Å². The van der Waals surface area contributed by atoms with Crippen molar-refractivity contribution in [2.75, 3.05) is 19.0 Å². The SMILES string of the molecule is COc1ccc(NC(=S)N(Cc2ccccc2C(F)(F)F)C[C@H](C(=O)Cc2cncn2Cc2ccc(C#N)cc2)C(N)c2ccc(OCc3ccccc3)cc2)cc1. The molecule has 0 aliphatic carbocycles. The molecule has 0 bridgehead atoms. The lowest BCUT2D eigenvalue weighted by Gasteiger charge is -2.33. The maximum absolute atomic E-state index is 14.6. The normalized spacial score (nSPS) is 12.2. The van der Waals surface area contributed by atoms with E-state index < -0.39 is 23.7 Å². The van der Waals surface area contributed by atoms with E-state index in [4.69, 9.17) is 27.4 Å². The van der Waals surface area contributed by atoms with Crippen LogP contribution in [0.1, 0.15) is 45.1 Å². The van der Waals surface area contributed by atoms with Crippen LogP contribution in [-0.4, -0.2) is 39.0 Å². The number of carbonyl (C=O) groups excluding carboxylic acids is 1. The van der Waals surface area contributed by atoms with E-state index in [0.717, 1.165) is 17.2 Å². The molecule has 0 aliphatic rings. The molecule has 0 fully saturated rings. The topological polar surface area (TPSA) is 118 Å². The summed E-state index contributed by atoms with van der Waals surface area (Å²) in [5, 5.41) is 12.5.